The van der Waals surface area contributed by atoms with Crippen molar-refractivity contribution in [2.75, 3.05) is 19.6 Å². The molecule has 0 saturated carbocycles. The van der Waals surface area contributed by atoms with Gasteiger partial charge in [-0.3, -0.25) is 4.79 Å². The van der Waals surface area contributed by atoms with Gasteiger partial charge in [0.05, 0.1) is 6.04 Å². The Kier molecular flexibility index (Phi) is 3.41. The van der Waals surface area contributed by atoms with Gasteiger partial charge in [0.25, 0.3) is 0 Å². The first-order valence-corrected chi connectivity index (χ1v) is 5.95. The van der Waals surface area contributed by atoms with Gasteiger partial charge in [-0.1, -0.05) is 18.1 Å². The minimum absolute atomic E-state index is 0.0876. The lowest BCUT2D eigenvalue weighted by Crippen LogP contribution is -2.49. The van der Waals surface area contributed by atoms with Crippen LogP contribution in [-0.4, -0.2) is 36.5 Å². The Morgan fingerprint density at radius 3 is 3.07 bits per heavy atom. The molecule has 2 aliphatic heterocycles. The molecule has 0 aromatic heterocycles. The van der Waals surface area contributed by atoms with Gasteiger partial charge in [0.1, 0.15) is 0 Å². The van der Waals surface area contributed by atoms with Crippen LogP contribution in [0.25, 0.3) is 0 Å². The maximum Gasteiger partial charge on any atom is 0.240 e. The fourth-order valence-electron chi connectivity index (χ4n) is 2.38. The quantitative estimate of drug-likeness (QED) is 0.659. The third-order valence-corrected chi connectivity index (χ3v) is 3.25. The zero-order valence-corrected chi connectivity index (χ0v) is 9.46. The van der Waals surface area contributed by atoms with Crippen molar-refractivity contribution in [3.05, 3.63) is 11.6 Å². The van der Waals surface area contributed by atoms with Crippen LogP contribution < -0.4 is 5.32 Å². The first-order valence-electron chi connectivity index (χ1n) is 5.95. The molecule has 15 heavy (non-hydrogen) atoms. The van der Waals surface area contributed by atoms with Crippen molar-refractivity contribution >= 4 is 5.91 Å². The molecule has 2 heterocycles. The van der Waals surface area contributed by atoms with Crippen LogP contribution in [0.4, 0.5) is 0 Å². The number of piperidine rings is 1. The second kappa shape index (κ2) is 4.79. The molecule has 1 N–H and O–H groups in total. The molecule has 1 atom stereocenters. The highest BCUT2D eigenvalue weighted by Gasteiger charge is 2.26. The van der Waals surface area contributed by atoms with Crippen molar-refractivity contribution in [2.45, 2.75) is 38.6 Å². The smallest absolute Gasteiger partial charge is 0.240 e. The minimum atomic E-state index is 0.0876. The number of rotatable bonds is 1. The van der Waals surface area contributed by atoms with Gasteiger partial charge in [-0.15, -0.1) is 0 Å². The summed E-state index contributed by atoms with van der Waals surface area (Å²) in [7, 11) is 0. The number of carbonyl (C=O) groups excluding carboxylic acids is 1. The van der Waals surface area contributed by atoms with Gasteiger partial charge in [0.15, 0.2) is 0 Å². The number of carbonyl (C=O) groups is 1. The predicted octanol–water partition coefficient (Wildman–Crippen LogP) is 1.31. The molecule has 1 amide bonds. The van der Waals surface area contributed by atoms with Gasteiger partial charge in [-0.25, -0.2) is 0 Å². The lowest BCUT2D eigenvalue weighted by molar-refractivity contribution is -0.133. The molecule has 1 saturated heterocycles. The molecule has 0 radical (unpaired) electrons. The molecule has 3 nitrogen and oxygen atoms in total. The average Bonchev–Trinajstić information content (AvgIpc) is 2.29. The summed E-state index contributed by atoms with van der Waals surface area (Å²) < 4.78 is 0. The number of hydrogen-bond donors (Lipinski definition) is 1. The Labute approximate surface area is 91.5 Å². The lowest BCUT2D eigenvalue weighted by Gasteiger charge is -2.32. The summed E-state index contributed by atoms with van der Waals surface area (Å²) in [4.78, 5) is 14.1. The van der Waals surface area contributed by atoms with E-state index in [0.717, 1.165) is 32.5 Å². The third-order valence-electron chi connectivity index (χ3n) is 3.25. The molecule has 3 heteroatoms. The van der Waals surface area contributed by atoms with E-state index < -0.39 is 0 Å². The molecule has 0 aliphatic carbocycles. The van der Waals surface area contributed by atoms with E-state index in [0.29, 0.717) is 5.91 Å². The first-order chi connectivity index (χ1) is 7.27. The summed E-state index contributed by atoms with van der Waals surface area (Å²) >= 11 is 0. The topological polar surface area (TPSA) is 32.3 Å². The molecular weight excluding hydrogens is 188 g/mol. The Hall–Kier alpha value is -0.830. The van der Waals surface area contributed by atoms with Crippen molar-refractivity contribution in [3.63, 3.8) is 0 Å². The van der Waals surface area contributed by atoms with Crippen LogP contribution >= 0.6 is 0 Å². The van der Waals surface area contributed by atoms with E-state index in [9.17, 15) is 4.79 Å². The van der Waals surface area contributed by atoms with Gasteiger partial charge in [-0.2, -0.15) is 0 Å². The van der Waals surface area contributed by atoms with Gasteiger partial charge >= 0.3 is 0 Å². The predicted molar refractivity (Wildman–Crippen MR) is 60.6 cm³/mol. The van der Waals surface area contributed by atoms with Gasteiger partial charge in [-0.05, 0) is 32.7 Å². The van der Waals surface area contributed by atoms with Crippen LogP contribution in [-0.2, 0) is 4.79 Å². The summed E-state index contributed by atoms with van der Waals surface area (Å²) in [5.74, 6) is 0.308. The summed E-state index contributed by atoms with van der Waals surface area (Å²) in [6, 6.07) is 0.0876. The SMILES string of the molecule is CC1=CCCN(C(=O)[C@@H]2CCCCN2)C1. The van der Waals surface area contributed by atoms with Gasteiger partial charge < -0.3 is 10.2 Å². The second-order valence-corrected chi connectivity index (χ2v) is 4.60. The molecule has 0 aromatic carbocycles. The third kappa shape index (κ3) is 2.59. The van der Waals surface area contributed by atoms with Gasteiger partial charge in [0.2, 0.25) is 5.91 Å². The maximum atomic E-state index is 12.1. The summed E-state index contributed by atoms with van der Waals surface area (Å²) in [6.07, 6.45) is 6.66. The highest BCUT2D eigenvalue weighted by molar-refractivity contribution is 5.82. The van der Waals surface area contributed by atoms with Crippen molar-refractivity contribution in [1.29, 1.82) is 0 Å². The van der Waals surface area contributed by atoms with E-state index in [-0.39, 0.29) is 6.04 Å². The summed E-state index contributed by atoms with van der Waals surface area (Å²) in [5.41, 5.74) is 1.32. The molecule has 1 fully saturated rings. The number of amides is 1. The summed E-state index contributed by atoms with van der Waals surface area (Å²) in [5, 5.41) is 3.32. The largest absolute Gasteiger partial charge is 0.337 e. The van der Waals surface area contributed by atoms with Crippen molar-refractivity contribution < 1.29 is 4.79 Å². The van der Waals surface area contributed by atoms with Gasteiger partial charge in [0, 0.05) is 13.1 Å². The second-order valence-electron chi connectivity index (χ2n) is 4.60. The minimum Gasteiger partial charge on any atom is -0.337 e. The fraction of sp³-hybridized carbons (Fsp3) is 0.750. The van der Waals surface area contributed by atoms with Crippen LogP contribution in [0.15, 0.2) is 11.6 Å². The Morgan fingerprint density at radius 2 is 2.40 bits per heavy atom. The van der Waals surface area contributed by atoms with Crippen molar-refractivity contribution in [2.24, 2.45) is 0 Å². The molecular formula is C12H20N2O. The van der Waals surface area contributed by atoms with E-state index >= 15 is 0 Å². The van der Waals surface area contributed by atoms with Crippen LogP contribution in [0.5, 0.6) is 0 Å². The van der Waals surface area contributed by atoms with E-state index in [1.54, 1.807) is 0 Å². The van der Waals surface area contributed by atoms with E-state index in [1.165, 1.54) is 18.4 Å². The van der Waals surface area contributed by atoms with E-state index in [2.05, 4.69) is 18.3 Å². The zero-order valence-electron chi connectivity index (χ0n) is 9.46. The van der Waals surface area contributed by atoms with Crippen LogP contribution in [0.1, 0.15) is 32.6 Å². The molecule has 0 aromatic rings. The lowest BCUT2D eigenvalue weighted by atomic mass is 10.0. The Bertz CT molecular complexity index is 267. The van der Waals surface area contributed by atoms with Crippen LogP contribution in [0, 0.1) is 0 Å². The van der Waals surface area contributed by atoms with Crippen molar-refractivity contribution in [1.82, 2.24) is 10.2 Å². The Morgan fingerprint density at radius 1 is 1.53 bits per heavy atom. The number of nitrogens with one attached hydrogen (secondary N) is 1. The normalized spacial score (nSPS) is 27.4. The molecule has 0 bridgehead atoms. The highest BCUT2D eigenvalue weighted by Crippen LogP contribution is 2.14. The molecule has 2 aliphatic rings. The average molecular weight is 208 g/mol. The molecule has 0 spiro atoms. The van der Waals surface area contributed by atoms with E-state index in [4.69, 9.17) is 0 Å². The summed E-state index contributed by atoms with van der Waals surface area (Å²) in [6.45, 7) is 4.83. The molecule has 0 unspecified atom stereocenters. The standard InChI is InChI=1S/C12H20N2O/c1-10-5-4-8-14(9-10)12(15)11-6-2-3-7-13-11/h5,11,13H,2-4,6-9H2,1H3/t11-/m0/s1. The van der Waals surface area contributed by atoms with Crippen LogP contribution in [0.3, 0.4) is 0 Å². The Balaban J connectivity index is 1.92. The van der Waals surface area contributed by atoms with E-state index in [1.807, 2.05) is 4.90 Å². The molecule has 84 valence electrons. The number of hydrogen-bond acceptors (Lipinski definition) is 2. The van der Waals surface area contributed by atoms with Crippen LogP contribution in [0.2, 0.25) is 0 Å². The highest BCUT2D eigenvalue weighted by atomic mass is 16.2. The fourth-order valence-corrected chi connectivity index (χ4v) is 2.38. The maximum absolute atomic E-state index is 12.1. The molecule has 2 rings (SSSR count). The first kappa shape index (κ1) is 10.7. The zero-order chi connectivity index (χ0) is 10.7. The van der Waals surface area contributed by atoms with Crippen molar-refractivity contribution in [3.8, 4) is 0 Å². The number of nitrogens with zero attached hydrogens (tertiary/aromatic N) is 1. The monoisotopic (exact) mass is 208 g/mol.